The van der Waals surface area contributed by atoms with Crippen molar-refractivity contribution >= 4 is 0 Å². The maximum absolute atomic E-state index is 10.5. The molecule has 0 bridgehead atoms. The fourth-order valence-corrected chi connectivity index (χ4v) is 2.88. The molecule has 0 aromatic heterocycles. The molecule has 1 atom stereocenters. The van der Waals surface area contributed by atoms with E-state index in [1.165, 1.54) is 5.56 Å². The quantitative estimate of drug-likeness (QED) is 0.844. The largest absolute Gasteiger partial charge is 0.387 e. The maximum Gasteiger partial charge on any atom is 0.0978 e. The van der Waals surface area contributed by atoms with Crippen molar-refractivity contribution in [3.63, 3.8) is 0 Å². The lowest BCUT2D eigenvalue weighted by atomic mass is 9.77. The fraction of sp³-hybridized carbons (Fsp3) is 0.533. The van der Waals surface area contributed by atoms with E-state index in [0.717, 1.165) is 36.8 Å². The SMILES string of the molecule is Cc1ccc(C(O)C2(C#N)CCCC2)c(C)c1. The van der Waals surface area contributed by atoms with Crippen LogP contribution >= 0.6 is 0 Å². The maximum atomic E-state index is 10.5. The van der Waals surface area contributed by atoms with Crippen LogP contribution in [-0.4, -0.2) is 5.11 Å². The molecule has 90 valence electrons. The number of nitriles is 1. The van der Waals surface area contributed by atoms with Crippen molar-refractivity contribution < 1.29 is 5.11 Å². The predicted molar refractivity (Wildman–Crippen MR) is 67.4 cm³/mol. The van der Waals surface area contributed by atoms with E-state index in [9.17, 15) is 10.4 Å². The smallest absolute Gasteiger partial charge is 0.0978 e. The van der Waals surface area contributed by atoms with Crippen LogP contribution in [0.2, 0.25) is 0 Å². The van der Waals surface area contributed by atoms with Crippen molar-refractivity contribution in [3.8, 4) is 6.07 Å². The molecule has 2 nitrogen and oxygen atoms in total. The van der Waals surface area contributed by atoms with Gasteiger partial charge in [0.2, 0.25) is 0 Å². The van der Waals surface area contributed by atoms with Crippen molar-refractivity contribution in [1.82, 2.24) is 0 Å². The Morgan fingerprint density at radius 3 is 2.47 bits per heavy atom. The minimum absolute atomic E-state index is 0.556. The summed E-state index contributed by atoms with van der Waals surface area (Å²) in [6.45, 7) is 4.05. The molecule has 2 heteroatoms. The van der Waals surface area contributed by atoms with Gasteiger partial charge in [-0.25, -0.2) is 0 Å². The second-order valence-corrected chi connectivity index (χ2v) is 5.24. The Balaban J connectivity index is 2.36. The van der Waals surface area contributed by atoms with E-state index >= 15 is 0 Å². The molecular formula is C15H19NO. The van der Waals surface area contributed by atoms with E-state index in [4.69, 9.17) is 0 Å². The first-order chi connectivity index (χ1) is 8.09. The van der Waals surface area contributed by atoms with Gasteiger partial charge in [0.1, 0.15) is 0 Å². The van der Waals surface area contributed by atoms with Crippen molar-refractivity contribution in [1.29, 1.82) is 5.26 Å². The van der Waals surface area contributed by atoms with Gasteiger partial charge in [-0.2, -0.15) is 5.26 Å². The summed E-state index contributed by atoms with van der Waals surface area (Å²) >= 11 is 0. The molecule has 0 saturated heterocycles. The third-order valence-electron chi connectivity index (χ3n) is 3.96. The van der Waals surface area contributed by atoms with Crippen LogP contribution in [0, 0.1) is 30.6 Å². The van der Waals surface area contributed by atoms with Gasteiger partial charge in [0.15, 0.2) is 0 Å². The summed E-state index contributed by atoms with van der Waals surface area (Å²) in [4.78, 5) is 0. The molecule has 1 unspecified atom stereocenters. The highest BCUT2D eigenvalue weighted by Crippen LogP contribution is 2.47. The molecule has 2 rings (SSSR count). The summed E-state index contributed by atoms with van der Waals surface area (Å²) in [6, 6.07) is 8.41. The van der Waals surface area contributed by atoms with Gasteiger partial charge in [0.05, 0.1) is 17.6 Å². The predicted octanol–water partition coefficient (Wildman–Crippen LogP) is 3.42. The summed E-state index contributed by atoms with van der Waals surface area (Å²) in [7, 11) is 0. The molecular weight excluding hydrogens is 210 g/mol. The van der Waals surface area contributed by atoms with Crippen LogP contribution in [0.1, 0.15) is 48.5 Å². The van der Waals surface area contributed by atoms with Crippen molar-refractivity contribution in [2.75, 3.05) is 0 Å². The van der Waals surface area contributed by atoms with Crippen LogP contribution in [-0.2, 0) is 0 Å². The zero-order valence-electron chi connectivity index (χ0n) is 10.5. The van der Waals surface area contributed by atoms with E-state index in [-0.39, 0.29) is 0 Å². The number of benzene rings is 1. The Labute approximate surface area is 103 Å². The number of rotatable bonds is 2. The monoisotopic (exact) mass is 229 g/mol. The topological polar surface area (TPSA) is 44.0 Å². The molecule has 17 heavy (non-hydrogen) atoms. The molecule has 1 aromatic rings. The molecule has 1 saturated carbocycles. The van der Waals surface area contributed by atoms with Crippen LogP contribution in [0.15, 0.2) is 18.2 Å². The lowest BCUT2D eigenvalue weighted by Crippen LogP contribution is -2.24. The number of aliphatic hydroxyl groups is 1. The molecule has 1 aliphatic carbocycles. The van der Waals surface area contributed by atoms with Gasteiger partial charge >= 0.3 is 0 Å². The molecule has 0 radical (unpaired) electrons. The Morgan fingerprint density at radius 1 is 1.29 bits per heavy atom. The van der Waals surface area contributed by atoms with E-state index in [2.05, 4.69) is 12.1 Å². The van der Waals surface area contributed by atoms with Gasteiger partial charge in [-0.3, -0.25) is 0 Å². The average molecular weight is 229 g/mol. The first-order valence-corrected chi connectivity index (χ1v) is 6.25. The first-order valence-electron chi connectivity index (χ1n) is 6.25. The molecule has 1 aromatic carbocycles. The minimum atomic E-state index is -0.643. The summed E-state index contributed by atoms with van der Waals surface area (Å²) in [6.07, 6.45) is 3.09. The third kappa shape index (κ3) is 2.08. The summed E-state index contributed by atoms with van der Waals surface area (Å²) in [5, 5.41) is 19.9. The Hall–Kier alpha value is -1.33. The van der Waals surface area contributed by atoms with Crippen molar-refractivity contribution in [3.05, 3.63) is 34.9 Å². The van der Waals surface area contributed by atoms with Gasteiger partial charge in [-0.15, -0.1) is 0 Å². The van der Waals surface area contributed by atoms with Crippen molar-refractivity contribution in [2.24, 2.45) is 5.41 Å². The molecule has 1 fully saturated rings. The van der Waals surface area contributed by atoms with Gasteiger partial charge in [-0.05, 0) is 37.8 Å². The lowest BCUT2D eigenvalue weighted by molar-refractivity contribution is 0.0665. The molecule has 0 aliphatic heterocycles. The third-order valence-corrected chi connectivity index (χ3v) is 3.96. The van der Waals surface area contributed by atoms with E-state index in [1.807, 2.05) is 26.0 Å². The number of hydrogen-bond donors (Lipinski definition) is 1. The number of aliphatic hydroxyl groups excluding tert-OH is 1. The zero-order valence-corrected chi connectivity index (χ0v) is 10.5. The van der Waals surface area contributed by atoms with Crippen LogP contribution < -0.4 is 0 Å². The summed E-state index contributed by atoms with van der Waals surface area (Å²) in [5.41, 5.74) is 2.63. The van der Waals surface area contributed by atoms with E-state index in [0.29, 0.717) is 0 Å². The number of nitrogens with zero attached hydrogens (tertiary/aromatic N) is 1. The van der Waals surface area contributed by atoms with Crippen LogP contribution in [0.3, 0.4) is 0 Å². The van der Waals surface area contributed by atoms with Crippen molar-refractivity contribution in [2.45, 2.75) is 45.6 Å². The molecule has 1 aliphatic rings. The average Bonchev–Trinajstić information content (AvgIpc) is 2.78. The zero-order chi connectivity index (χ0) is 12.5. The minimum Gasteiger partial charge on any atom is -0.387 e. The molecule has 0 amide bonds. The highest BCUT2D eigenvalue weighted by Gasteiger charge is 2.42. The Morgan fingerprint density at radius 2 is 1.94 bits per heavy atom. The highest BCUT2D eigenvalue weighted by atomic mass is 16.3. The second kappa shape index (κ2) is 4.50. The molecule has 0 heterocycles. The highest BCUT2D eigenvalue weighted by molar-refractivity contribution is 5.34. The Kier molecular flexibility index (Phi) is 3.22. The van der Waals surface area contributed by atoms with Crippen LogP contribution in [0.25, 0.3) is 0 Å². The normalized spacial score (nSPS) is 19.9. The van der Waals surface area contributed by atoms with E-state index in [1.54, 1.807) is 0 Å². The fourth-order valence-electron chi connectivity index (χ4n) is 2.88. The van der Waals surface area contributed by atoms with Gasteiger partial charge < -0.3 is 5.11 Å². The standard InChI is InChI=1S/C15H19NO/c1-11-5-6-13(12(2)9-11)14(17)15(10-16)7-3-4-8-15/h5-6,9,14,17H,3-4,7-8H2,1-2H3. The number of aryl methyl sites for hydroxylation is 2. The summed E-state index contributed by atoms with van der Waals surface area (Å²) in [5.74, 6) is 0. The summed E-state index contributed by atoms with van der Waals surface area (Å²) < 4.78 is 0. The van der Waals surface area contributed by atoms with Gasteiger partial charge in [0, 0.05) is 0 Å². The second-order valence-electron chi connectivity index (χ2n) is 5.24. The lowest BCUT2D eigenvalue weighted by Gasteiger charge is -2.28. The number of hydrogen-bond acceptors (Lipinski definition) is 2. The van der Waals surface area contributed by atoms with Crippen LogP contribution in [0.5, 0.6) is 0 Å². The van der Waals surface area contributed by atoms with Gasteiger partial charge in [0.25, 0.3) is 0 Å². The molecule has 1 N–H and O–H groups in total. The van der Waals surface area contributed by atoms with E-state index < -0.39 is 11.5 Å². The molecule has 0 spiro atoms. The Bertz CT molecular complexity index is 452. The van der Waals surface area contributed by atoms with Crippen LogP contribution in [0.4, 0.5) is 0 Å². The first kappa shape index (κ1) is 12.1. The van der Waals surface area contributed by atoms with Gasteiger partial charge in [-0.1, -0.05) is 36.6 Å².